The van der Waals surface area contributed by atoms with Gasteiger partial charge in [0.05, 0.1) is 0 Å². The van der Waals surface area contributed by atoms with Crippen LogP contribution in [0.5, 0.6) is 0 Å². The Morgan fingerprint density at radius 1 is 1.12 bits per heavy atom. The van der Waals surface area contributed by atoms with E-state index in [1.807, 2.05) is 12.1 Å². The molecule has 1 heterocycles. The van der Waals surface area contributed by atoms with Gasteiger partial charge in [-0.1, -0.05) is 47.5 Å². The molecular formula is C15H13BrO. The molecular weight excluding hydrogens is 276 g/mol. The van der Waals surface area contributed by atoms with Gasteiger partial charge in [0.1, 0.15) is 11.2 Å². The summed E-state index contributed by atoms with van der Waals surface area (Å²) in [6.07, 6.45) is 2.27. The summed E-state index contributed by atoms with van der Waals surface area (Å²) >= 11 is 3.59. The molecule has 2 aromatic carbocycles. The molecule has 86 valence electrons. The molecule has 0 atom stereocenters. The first kappa shape index (κ1) is 10.8. The standard InChI is InChI=1S/C15H13BrO/c1-2-4-10-7-8-11-14(9-10)17-13-6-3-5-12(16)15(11)13/h3,5-9H,2,4H2,1H3. The van der Waals surface area contributed by atoms with Crippen LogP contribution in [0.3, 0.4) is 0 Å². The molecule has 3 aromatic rings. The molecule has 0 radical (unpaired) electrons. The summed E-state index contributed by atoms with van der Waals surface area (Å²) in [5.41, 5.74) is 3.27. The quantitative estimate of drug-likeness (QED) is 0.624. The number of hydrogen-bond donors (Lipinski definition) is 0. The zero-order valence-electron chi connectivity index (χ0n) is 9.66. The van der Waals surface area contributed by atoms with Crippen molar-refractivity contribution in [2.45, 2.75) is 19.8 Å². The molecule has 1 aromatic heterocycles. The summed E-state index contributed by atoms with van der Waals surface area (Å²) in [7, 11) is 0. The average molecular weight is 289 g/mol. The summed E-state index contributed by atoms with van der Waals surface area (Å²) in [5.74, 6) is 0. The average Bonchev–Trinajstić information content (AvgIpc) is 2.68. The Morgan fingerprint density at radius 3 is 2.82 bits per heavy atom. The van der Waals surface area contributed by atoms with Gasteiger partial charge in [0.15, 0.2) is 0 Å². The maximum Gasteiger partial charge on any atom is 0.136 e. The van der Waals surface area contributed by atoms with Crippen molar-refractivity contribution in [1.82, 2.24) is 0 Å². The Bertz CT molecular complexity index is 682. The first-order valence-electron chi connectivity index (χ1n) is 5.89. The van der Waals surface area contributed by atoms with Crippen molar-refractivity contribution in [3.8, 4) is 0 Å². The minimum atomic E-state index is 0.947. The van der Waals surface area contributed by atoms with Crippen molar-refractivity contribution in [1.29, 1.82) is 0 Å². The molecule has 3 rings (SSSR count). The van der Waals surface area contributed by atoms with Crippen molar-refractivity contribution >= 4 is 37.9 Å². The predicted molar refractivity (Wildman–Crippen MR) is 75.4 cm³/mol. The molecule has 0 spiro atoms. The van der Waals surface area contributed by atoms with Gasteiger partial charge in [0.25, 0.3) is 0 Å². The van der Waals surface area contributed by atoms with E-state index in [2.05, 4.69) is 47.1 Å². The van der Waals surface area contributed by atoms with Gasteiger partial charge in [0.2, 0.25) is 0 Å². The highest BCUT2D eigenvalue weighted by molar-refractivity contribution is 9.10. The third-order valence-electron chi connectivity index (χ3n) is 3.05. The van der Waals surface area contributed by atoms with Gasteiger partial charge >= 0.3 is 0 Å². The molecule has 0 bridgehead atoms. The zero-order valence-corrected chi connectivity index (χ0v) is 11.3. The van der Waals surface area contributed by atoms with Crippen LogP contribution in [0.15, 0.2) is 45.3 Å². The van der Waals surface area contributed by atoms with Crippen LogP contribution in [0.4, 0.5) is 0 Å². The van der Waals surface area contributed by atoms with Crippen LogP contribution < -0.4 is 0 Å². The van der Waals surface area contributed by atoms with Crippen molar-refractivity contribution in [3.05, 3.63) is 46.4 Å². The SMILES string of the molecule is CCCc1ccc2c(c1)oc1cccc(Br)c12. The smallest absolute Gasteiger partial charge is 0.136 e. The highest BCUT2D eigenvalue weighted by Crippen LogP contribution is 2.34. The first-order chi connectivity index (χ1) is 8.29. The molecule has 0 aliphatic carbocycles. The fourth-order valence-electron chi connectivity index (χ4n) is 2.27. The van der Waals surface area contributed by atoms with E-state index >= 15 is 0 Å². The topological polar surface area (TPSA) is 13.1 Å². The zero-order chi connectivity index (χ0) is 11.8. The lowest BCUT2D eigenvalue weighted by Gasteiger charge is -1.97. The van der Waals surface area contributed by atoms with Crippen LogP contribution in [-0.4, -0.2) is 0 Å². The number of fused-ring (bicyclic) bond motifs is 3. The van der Waals surface area contributed by atoms with Gasteiger partial charge in [-0.05, 0) is 30.2 Å². The fraction of sp³-hybridized carbons (Fsp3) is 0.200. The van der Waals surface area contributed by atoms with Crippen molar-refractivity contribution < 1.29 is 4.42 Å². The molecule has 0 aliphatic rings. The molecule has 17 heavy (non-hydrogen) atoms. The summed E-state index contributed by atoms with van der Waals surface area (Å²) in [6, 6.07) is 12.6. The van der Waals surface area contributed by atoms with Crippen LogP contribution in [0.1, 0.15) is 18.9 Å². The van der Waals surface area contributed by atoms with Crippen LogP contribution in [0, 0.1) is 0 Å². The minimum absolute atomic E-state index is 0.947. The third-order valence-corrected chi connectivity index (χ3v) is 3.71. The number of aryl methyl sites for hydroxylation is 1. The largest absolute Gasteiger partial charge is 0.456 e. The van der Waals surface area contributed by atoms with E-state index in [-0.39, 0.29) is 0 Å². The lowest BCUT2D eigenvalue weighted by molar-refractivity contribution is 0.668. The molecule has 0 saturated heterocycles. The Balaban J connectivity index is 2.32. The van der Waals surface area contributed by atoms with Crippen molar-refractivity contribution in [2.24, 2.45) is 0 Å². The highest BCUT2D eigenvalue weighted by Gasteiger charge is 2.09. The number of furan rings is 1. The van der Waals surface area contributed by atoms with E-state index in [1.54, 1.807) is 0 Å². The van der Waals surface area contributed by atoms with Crippen molar-refractivity contribution in [2.75, 3.05) is 0 Å². The summed E-state index contributed by atoms with van der Waals surface area (Å²) in [4.78, 5) is 0. The normalized spacial score (nSPS) is 11.4. The van der Waals surface area contributed by atoms with Crippen LogP contribution >= 0.6 is 15.9 Å². The van der Waals surface area contributed by atoms with Gasteiger partial charge in [-0.3, -0.25) is 0 Å². The van der Waals surface area contributed by atoms with E-state index in [4.69, 9.17) is 4.42 Å². The maximum absolute atomic E-state index is 5.89. The van der Waals surface area contributed by atoms with Crippen molar-refractivity contribution in [3.63, 3.8) is 0 Å². The second-order valence-electron chi connectivity index (χ2n) is 4.30. The van der Waals surface area contributed by atoms with Gasteiger partial charge in [-0.2, -0.15) is 0 Å². The molecule has 1 nitrogen and oxygen atoms in total. The highest BCUT2D eigenvalue weighted by atomic mass is 79.9. The van der Waals surface area contributed by atoms with E-state index in [0.717, 1.165) is 28.5 Å². The van der Waals surface area contributed by atoms with Gasteiger partial charge in [0, 0.05) is 15.2 Å². The molecule has 2 heteroatoms. The lowest BCUT2D eigenvalue weighted by atomic mass is 10.1. The Kier molecular flexibility index (Phi) is 2.67. The monoisotopic (exact) mass is 288 g/mol. The van der Waals surface area contributed by atoms with E-state index < -0.39 is 0 Å². The van der Waals surface area contributed by atoms with Gasteiger partial charge in [-0.25, -0.2) is 0 Å². The number of halogens is 1. The lowest BCUT2D eigenvalue weighted by Crippen LogP contribution is -1.81. The summed E-state index contributed by atoms with van der Waals surface area (Å²) < 4.78 is 6.98. The summed E-state index contributed by atoms with van der Waals surface area (Å²) in [6.45, 7) is 2.19. The van der Waals surface area contributed by atoms with Crippen LogP contribution in [-0.2, 0) is 6.42 Å². The molecule has 0 N–H and O–H groups in total. The molecule has 0 aliphatic heterocycles. The second-order valence-corrected chi connectivity index (χ2v) is 5.15. The third kappa shape index (κ3) is 1.77. The first-order valence-corrected chi connectivity index (χ1v) is 6.68. The second kappa shape index (κ2) is 4.19. The van der Waals surface area contributed by atoms with E-state index in [1.165, 1.54) is 16.3 Å². The predicted octanol–water partition coefficient (Wildman–Crippen LogP) is 5.30. The maximum atomic E-state index is 5.89. The van der Waals surface area contributed by atoms with Crippen LogP contribution in [0.25, 0.3) is 21.9 Å². The molecule has 0 amide bonds. The number of rotatable bonds is 2. The Morgan fingerprint density at radius 2 is 2.00 bits per heavy atom. The van der Waals surface area contributed by atoms with E-state index in [0.29, 0.717) is 0 Å². The van der Waals surface area contributed by atoms with Crippen LogP contribution in [0.2, 0.25) is 0 Å². The van der Waals surface area contributed by atoms with E-state index in [9.17, 15) is 0 Å². The van der Waals surface area contributed by atoms with Gasteiger partial charge in [-0.15, -0.1) is 0 Å². The Hall–Kier alpha value is -1.28. The summed E-state index contributed by atoms with van der Waals surface area (Å²) in [5, 5.41) is 2.36. The number of hydrogen-bond acceptors (Lipinski definition) is 1. The molecule has 0 unspecified atom stereocenters. The minimum Gasteiger partial charge on any atom is -0.456 e. The number of benzene rings is 2. The Labute approximate surface area is 109 Å². The molecule has 0 fully saturated rings. The molecule has 0 saturated carbocycles. The van der Waals surface area contributed by atoms with Gasteiger partial charge < -0.3 is 4.42 Å². The fourth-order valence-corrected chi connectivity index (χ4v) is 2.83.